The van der Waals surface area contributed by atoms with Crippen molar-refractivity contribution in [1.82, 2.24) is 9.97 Å². The maximum Gasteiger partial charge on any atom is 0.159 e. The van der Waals surface area contributed by atoms with Crippen molar-refractivity contribution in [2.75, 3.05) is 19.8 Å². The zero-order valence-corrected chi connectivity index (χ0v) is 18.8. The zero-order chi connectivity index (χ0) is 21.3. The Morgan fingerprint density at radius 2 is 1.57 bits per heavy atom. The largest absolute Gasteiger partial charge is 0.490 e. The molecule has 30 heavy (non-hydrogen) atoms. The quantitative estimate of drug-likeness (QED) is 0.225. The van der Waals surface area contributed by atoms with Crippen molar-refractivity contribution in [2.45, 2.75) is 71.6 Å². The standard InChI is InChI=1S/C26H38N2O2/c1-3-5-6-7-8-12-20-30-25-21-27-26(28-22-25)24-16-14-23(15-17-24)13-10-9-11-19-29-18-4-2/h5-6,14-17,21-22H,3-4,7-13,18-20H2,1-2H3. The predicted octanol–water partition coefficient (Wildman–Crippen LogP) is 6.80. The van der Waals surface area contributed by atoms with Crippen molar-refractivity contribution in [1.29, 1.82) is 0 Å². The van der Waals surface area contributed by atoms with Gasteiger partial charge in [-0.05, 0) is 56.9 Å². The summed E-state index contributed by atoms with van der Waals surface area (Å²) in [4.78, 5) is 8.94. The summed E-state index contributed by atoms with van der Waals surface area (Å²) in [6, 6.07) is 8.59. The van der Waals surface area contributed by atoms with Crippen LogP contribution in [0.1, 0.15) is 70.8 Å². The highest BCUT2D eigenvalue weighted by molar-refractivity contribution is 5.55. The van der Waals surface area contributed by atoms with E-state index in [9.17, 15) is 0 Å². The summed E-state index contributed by atoms with van der Waals surface area (Å²) in [5.74, 6) is 1.48. The van der Waals surface area contributed by atoms with Gasteiger partial charge in [-0.3, -0.25) is 0 Å². The minimum absolute atomic E-state index is 0.710. The topological polar surface area (TPSA) is 44.2 Å². The molecule has 0 saturated heterocycles. The number of benzene rings is 1. The molecule has 0 saturated carbocycles. The first-order valence-electron chi connectivity index (χ1n) is 11.6. The van der Waals surface area contributed by atoms with Crippen molar-refractivity contribution in [2.24, 2.45) is 0 Å². The fourth-order valence-electron chi connectivity index (χ4n) is 3.16. The lowest BCUT2D eigenvalue weighted by atomic mass is 10.0. The third kappa shape index (κ3) is 10.0. The third-order valence-electron chi connectivity index (χ3n) is 4.88. The molecule has 0 amide bonds. The Kier molecular flexibility index (Phi) is 12.5. The van der Waals surface area contributed by atoms with Crippen LogP contribution in [-0.2, 0) is 11.2 Å². The molecular weight excluding hydrogens is 372 g/mol. The maximum atomic E-state index is 5.75. The minimum atomic E-state index is 0.710. The van der Waals surface area contributed by atoms with E-state index in [2.05, 4.69) is 60.2 Å². The lowest BCUT2D eigenvalue weighted by Crippen LogP contribution is -1.99. The van der Waals surface area contributed by atoms with Crippen LogP contribution in [0.25, 0.3) is 11.4 Å². The number of nitrogens with zero attached hydrogens (tertiary/aromatic N) is 2. The van der Waals surface area contributed by atoms with E-state index in [1.165, 1.54) is 18.4 Å². The SMILES string of the molecule is CCC=CCCCCOc1cnc(-c2ccc(CCCCCOCCC)cc2)nc1. The first kappa shape index (κ1) is 24.1. The van der Waals surface area contributed by atoms with E-state index in [0.717, 1.165) is 75.3 Å². The van der Waals surface area contributed by atoms with Gasteiger partial charge in [0.2, 0.25) is 0 Å². The van der Waals surface area contributed by atoms with Gasteiger partial charge in [-0.25, -0.2) is 9.97 Å². The highest BCUT2D eigenvalue weighted by Gasteiger charge is 2.03. The van der Waals surface area contributed by atoms with Crippen molar-refractivity contribution < 1.29 is 9.47 Å². The summed E-state index contributed by atoms with van der Waals surface area (Å²) in [6.07, 6.45) is 18.2. The van der Waals surface area contributed by atoms with E-state index in [4.69, 9.17) is 9.47 Å². The minimum Gasteiger partial charge on any atom is -0.490 e. The molecule has 4 nitrogen and oxygen atoms in total. The number of hydrogen-bond donors (Lipinski definition) is 0. The number of rotatable bonds is 16. The van der Waals surface area contributed by atoms with Gasteiger partial charge in [0.1, 0.15) is 0 Å². The molecule has 0 N–H and O–H groups in total. The lowest BCUT2D eigenvalue weighted by molar-refractivity contribution is 0.130. The van der Waals surface area contributed by atoms with Crippen LogP contribution >= 0.6 is 0 Å². The average Bonchev–Trinajstić information content (AvgIpc) is 2.79. The van der Waals surface area contributed by atoms with Gasteiger partial charge in [0.25, 0.3) is 0 Å². The number of unbranched alkanes of at least 4 members (excludes halogenated alkanes) is 4. The van der Waals surface area contributed by atoms with E-state index < -0.39 is 0 Å². The van der Waals surface area contributed by atoms with Crippen molar-refractivity contribution >= 4 is 0 Å². The van der Waals surface area contributed by atoms with Gasteiger partial charge in [0.15, 0.2) is 11.6 Å². The average molecular weight is 411 g/mol. The second-order valence-electron chi connectivity index (χ2n) is 7.59. The van der Waals surface area contributed by atoms with Crippen LogP contribution in [0.15, 0.2) is 48.8 Å². The summed E-state index contributed by atoms with van der Waals surface area (Å²) in [5, 5.41) is 0. The first-order chi connectivity index (χ1) is 14.8. The third-order valence-corrected chi connectivity index (χ3v) is 4.88. The molecule has 0 aliphatic rings. The Balaban J connectivity index is 1.67. The predicted molar refractivity (Wildman–Crippen MR) is 125 cm³/mol. The van der Waals surface area contributed by atoms with Crippen LogP contribution in [0.3, 0.4) is 0 Å². The van der Waals surface area contributed by atoms with Gasteiger partial charge in [-0.2, -0.15) is 0 Å². The van der Waals surface area contributed by atoms with Gasteiger partial charge >= 0.3 is 0 Å². The molecule has 0 bridgehead atoms. The molecule has 0 radical (unpaired) electrons. The second kappa shape index (κ2) is 15.6. The fraction of sp³-hybridized carbons (Fsp3) is 0.538. The molecule has 0 atom stereocenters. The van der Waals surface area contributed by atoms with Crippen molar-refractivity contribution in [3.8, 4) is 17.1 Å². The Morgan fingerprint density at radius 1 is 0.800 bits per heavy atom. The number of aromatic nitrogens is 2. The van der Waals surface area contributed by atoms with E-state index >= 15 is 0 Å². The molecule has 2 aromatic rings. The molecule has 1 heterocycles. The van der Waals surface area contributed by atoms with E-state index in [1.54, 1.807) is 12.4 Å². The van der Waals surface area contributed by atoms with Crippen LogP contribution in [-0.4, -0.2) is 29.8 Å². The van der Waals surface area contributed by atoms with Crippen LogP contribution in [0.2, 0.25) is 0 Å². The van der Waals surface area contributed by atoms with E-state index in [1.807, 2.05) is 0 Å². The van der Waals surface area contributed by atoms with Crippen molar-refractivity contribution in [3.05, 3.63) is 54.4 Å². The van der Waals surface area contributed by atoms with Gasteiger partial charge < -0.3 is 9.47 Å². The maximum absolute atomic E-state index is 5.75. The first-order valence-corrected chi connectivity index (χ1v) is 11.6. The molecule has 0 aliphatic carbocycles. The highest BCUT2D eigenvalue weighted by Crippen LogP contribution is 2.18. The van der Waals surface area contributed by atoms with E-state index in [0.29, 0.717) is 6.61 Å². The molecule has 0 spiro atoms. The summed E-state index contributed by atoms with van der Waals surface area (Å²) in [5.41, 5.74) is 2.41. The van der Waals surface area contributed by atoms with Crippen molar-refractivity contribution in [3.63, 3.8) is 0 Å². The van der Waals surface area contributed by atoms with Crippen LogP contribution < -0.4 is 4.74 Å². The summed E-state index contributed by atoms with van der Waals surface area (Å²) >= 11 is 0. The second-order valence-corrected chi connectivity index (χ2v) is 7.59. The number of hydrogen-bond acceptors (Lipinski definition) is 4. The molecule has 0 aliphatic heterocycles. The lowest BCUT2D eigenvalue weighted by Gasteiger charge is -2.07. The molecule has 0 unspecified atom stereocenters. The molecular formula is C26H38N2O2. The number of allylic oxidation sites excluding steroid dienone is 2. The van der Waals surface area contributed by atoms with Gasteiger partial charge in [-0.15, -0.1) is 0 Å². The van der Waals surface area contributed by atoms with Gasteiger partial charge in [0, 0.05) is 18.8 Å². The molecule has 4 heteroatoms. The molecule has 164 valence electrons. The van der Waals surface area contributed by atoms with Crippen LogP contribution in [0.4, 0.5) is 0 Å². The molecule has 2 rings (SSSR count). The summed E-state index contributed by atoms with van der Waals surface area (Å²) < 4.78 is 11.3. The monoisotopic (exact) mass is 410 g/mol. The molecule has 1 aromatic carbocycles. The number of ether oxygens (including phenoxy) is 2. The Bertz CT molecular complexity index is 696. The van der Waals surface area contributed by atoms with Gasteiger partial charge in [0.05, 0.1) is 19.0 Å². The fourth-order valence-corrected chi connectivity index (χ4v) is 3.16. The van der Waals surface area contributed by atoms with Crippen LogP contribution in [0.5, 0.6) is 5.75 Å². The summed E-state index contributed by atoms with van der Waals surface area (Å²) in [6.45, 7) is 6.78. The molecule has 0 fully saturated rings. The smallest absolute Gasteiger partial charge is 0.159 e. The highest BCUT2D eigenvalue weighted by atomic mass is 16.5. The molecule has 1 aromatic heterocycles. The Labute approximate surface area is 182 Å². The number of aryl methyl sites for hydroxylation is 1. The van der Waals surface area contributed by atoms with Gasteiger partial charge in [-0.1, -0.05) is 56.7 Å². The van der Waals surface area contributed by atoms with E-state index in [-0.39, 0.29) is 0 Å². The normalized spacial score (nSPS) is 11.3. The zero-order valence-electron chi connectivity index (χ0n) is 18.8. The van der Waals surface area contributed by atoms with Crippen LogP contribution in [0, 0.1) is 0 Å². The Hall–Kier alpha value is -2.20. The Morgan fingerprint density at radius 3 is 2.30 bits per heavy atom. The summed E-state index contributed by atoms with van der Waals surface area (Å²) in [7, 11) is 0.